The van der Waals surface area contributed by atoms with Gasteiger partial charge in [0.25, 0.3) is 0 Å². The molecule has 0 saturated heterocycles. The molecule has 1 unspecified atom stereocenters. The van der Waals surface area contributed by atoms with Crippen molar-refractivity contribution < 1.29 is 28.6 Å². The molecule has 6 nitrogen and oxygen atoms in total. The van der Waals surface area contributed by atoms with Crippen molar-refractivity contribution in [2.45, 2.75) is 386 Å². The van der Waals surface area contributed by atoms with Crippen LogP contribution in [0.3, 0.4) is 0 Å². The molecule has 6 heteroatoms. The van der Waals surface area contributed by atoms with E-state index in [0.29, 0.717) is 19.3 Å². The Morgan fingerprint density at radius 1 is 0.267 bits per heavy atom. The average molecular weight is 1060 g/mol. The Morgan fingerprint density at radius 3 is 0.747 bits per heavy atom. The smallest absolute Gasteiger partial charge is 0.306 e. The van der Waals surface area contributed by atoms with Gasteiger partial charge in [-0.2, -0.15) is 0 Å². The third-order valence-corrected chi connectivity index (χ3v) is 15.5. The van der Waals surface area contributed by atoms with Crippen LogP contribution in [0, 0.1) is 0 Å². The number of unbranched alkanes of at least 4 members (excludes halogenated alkanes) is 48. The van der Waals surface area contributed by atoms with E-state index in [-0.39, 0.29) is 31.1 Å². The van der Waals surface area contributed by atoms with Gasteiger partial charge < -0.3 is 14.2 Å². The van der Waals surface area contributed by atoms with E-state index in [4.69, 9.17) is 14.2 Å². The maximum absolute atomic E-state index is 12.9. The molecule has 0 N–H and O–H groups in total. The second kappa shape index (κ2) is 64.4. The fourth-order valence-electron chi connectivity index (χ4n) is 10.4. The highest BCUT2D eigenvalue weighted by molar-refractivity contribution is 5.71. The summed E-state index contributed by atoms with van der Waals surface area (Å²) in [5.41, 5.74) is 0. The number of carbonyl (C=O) groups is 3. The highest BCUT2D eigenvalue weighted by Crippen LogP contribution is 2.18. The number of esters is 3. The van der Waals surface area contributed by atoms with Gasteiger partial charge in [0.2, 0.25) is 0 Å². The van der Waals surface area contributed by atoms with Crippen LogP contribution in [0.5, 0.6) is 0 Å². The SMILES string of the molecule is CCCCCC/C=C\C/C=C\CCCCCCCCCC(=O)OC(COC(=O)CCCCCCCCCCCCCCCCC)COC(=O)CCCCCCCCCCCCCCCCCCCCCCCCCC. The number of allylic oxidation sites excluding steroid dienone is 4. The van der Waals surface area contributed by atoms with Crippen LogP contribution in [0.4, 0.5) is 0 Å². The Morgan fingerprint density at radius 2 is 0.480 bits per heavy atom. The first-order valence-electron chi connectivity index (χ1n) is 33.8. The first kappa shape index (κ1) is 72.9. The molecule has 0 aliphatic rings. The van der Waals surface area contributed by atoms with Gasteiger partial charge in [-0.25, -0.2) is 0 Å². The molecular formula is C69H130O6. The Hall–Kier alpha value is -2.11. The van der Waals surface area contributed by atoms with E-state index in [0.717, 1.165) is 70.6 Å². The molecule has 0 bridgehead atoms. The molecule has 75 heavy (non-hydrogen) atoms. The average Bonchev–Trinajstić information content (AvgIpc) is 3.41. The Bertz CT molecular complexity index is 1210. The maximum Gasteiger partial charge on any atom is 0.306 e. The lowest BCUT2D eigenvalue weighted by molar-refractivity contribution is -0.167. The monoisotopic (exact) mass is 1050 g/mol. The molecule has 0 aliphatic carbocycles. The summed E-state index contributed by atoms with van der Waals surface area (Å²) in [5, 5.41) is 0. The quantitative estimate of drug-likeness (QED) is 0.0261. The Balaban J connectivity index is 4.26. The molecule has 0 radical (unpaired) electrons. The molecule has 0 fully saturated rings. The zero-order chi connectivity index (χ0) is 54.3. The van der Waals surface area contributed by atoms with Crippen molar-refractivity contribution in [3.8, 4) is 0 Å². The second-order valence-corrected chi connectivity index (χ2v) is 23.1. The fraction of sp³-hybridized carbons (Fsp3) is 0.899. The lowest BCUT2D eigenvalue weighted by atomic mass is 10.0. The topological polar surface area (TPSA) is 78.9 Å². The van der Waals surface area contributed by atoms with Crippen LogP contribution >= 0.6 is 0 Å². The second-order valence-electron chi connectivity index (χ2n) is 23.1. The summed E-state index contributed by atoms with van der Waals surface area (Å²) in [6.45, 7) is 6.70. The molecule has 0 aromatic rings. The van der Waals surface area contributed by atoms with Crippen LogP contribution in [-0.2, 0) is 28.6 Å². The predicted molar refractivity (Wildman–Crippen MR) is 326 cm³/mol. The highest BCUT2D eigenvalue weighted by atomic mass is 16.6. The van der Waals surface area contributed by atoms with Gasteiger partial charge in [-0.05, 0) is 51.4 Å². The van der Waals surface area contributed by atoms with Gasteiger partial charge in [-0.3, -0.25) is 14.4 Å². The van der Waals surface area contributed by atoms with Gasteiger partial charge in [-0.15, -0.1) is 0 Å². The molecule has 442 valence electrons. The van der Waals surface area contributed by atoms with E-state index < -0.39 is 6.10 Å². The molecule has 0 rings (SSSR count). The molecule has 0 spiro atoms. The van der Waals surface area contributed by atoms with Crippen LogP contribution in [0.2, 0.25) is 0 Å². The number of hydrogen-bond acceptors (Lipinski definition) is 6. The summed E-state index contributed by atoms with van der Waals surface area (Å²) >= 11 is 0. The van der Waals surface area contributed by atoms with Crippen molar-refractivity contribution in [1.29, 1.82) is 0 Å². The lowest BCUT2D eigenvalue weighted by Crippen LogP contribution is -2.30. The van der Waals surface area contributed by atoms with E-state index in [1.54, 1.807) is 0 Å². The largest absolute Gasteiger partial charge is 0.462 e. The number of hydrogen-bond donors (Lipinski definition) is 0. The zero-order valence-electron chi connectivity index (χ0n) is 50.8. The van der Waals surface area contributed by atoms with Gasteiger partial charge in [-0.1, -0.05) is 334 Å². The summed E-state index contributed by atoms with van der Waals surface area (Å²) in [4.78, 5) is 38.4. The molecule has 0 aromatic carbocycles. The van der Waals surface area contributed by atoms with Gasteiger partial charge in [0.05, 0.1) is 0 Å². The van der Waals surface area contributed by atoms with Crippen LogP contribution in [0.15, 0.2) is 24.3 Å². The summed E-state index contributed by atoms with van der Waals surface area (Å²) in [5.74, 6) is -0.845. The number of rotatable bonds is 63. The number of ether oxygens (including phenoxy) is 3. The van der Waals surface area contributed by atoms with Crippen molar-refractivity contribution in [2.75, 3.05) is 13.2 Å². The van der Waals surface area contributed by atoms with E-state index in [2.05, 4.69) is 45.1 Å². The Labute approximate surface area is 468 Å². The predicted octanol–water partition coefficient (Wildman–Crippen LogP) is 23.0. The van der Waals surface area contributed by atoms with Crippen molar-refractivity contribution in [3.05, 3.63) is 24.3 Å². The molecule has 1 atom stereocenters. The van der Waals surface area contributed by atoms with E-state index in [1.165, 1.54) is 270 Å². The highest BCUT2D eigenvalue weighted by Gasteiger charge is 2.19. The zero-order valence-corrected chi connectivity index (χ0v) is 50.8. The van der Waals surface area contributed by atoms with Crippen LogP contribution in [-0.4, -0.2) is 37.2 Å². The summed E-state index contributed by atoms with van der Waals surface area (Å²) < 4.78 is 17.0. The minimum atomic E-state index is -0.772. The Kier molecular flexibility index (Phi) is 62.6. The summed E-state index contributed by atoms with van der Waals surface area (Å²) in [6, 6.07) is 0. The van der Waals surface area contributed by atoms with Crippen molar-refractivity contribution in [3.63, 3.8) is 0 Å². The first-order valence-corrected chi connectivity index (χ1v) is 33.8. The van der Waals surface area contributed by atoms with Crippen LogP contribution in [0.25, 0.3) is 0 Å². The van der Waals surface area contributed by atoms with Crippen molar-refractivity contribution >= 4 is 17.9 Å². The third-order valence-electron chi connectivity index (χ3n) is 15.5. The fourth-order valence-corrected chi connectivity index (χ4v) is 10.4. The van der Waals surface area contributed by atoms with Crippen molar-refractivity contribution in [2.24, 2.45) is 0 Å². The third kappa shape index (κ3) is 62.6. The van der Waals surface area contributed by atoms with Crippen LogP contribution in [0.1, 0.15) is 380 Å². The molecule has 0 aromatic heterocycles. The van der Waals surface area contributed by atoms with Gasteiger partial charge in [0, 0.05) is 19.3 Å². The van der Waals surface area contributed by atoms with Crippen molar-refractivity contribution in [1.82, 2.24) is 0 Å². The molecular weight excluding hydrogens is 925 g/mol. The van der Waals surface area contributed by atoms with E-state index >= 15 is 0 Å². The molecule has 0 amide bonds. The maximum atomic E-state index is 12.9. The molecule has 0 aliphatic heterocycles. The summed E-state index contributed by atoms with van der Waals surface area (Å²) in [6.07, 6.45) is 77.6. The van der Waals surface area contributed by atoms with E-state index in [9.17, 15) is 14.4 Å². The minimum Gasteiger partial charge on any atom is -0.462 e. The normalized spacial score (nSPS) is 12.1. The first-order chi connectivity index (χ1) is 37.0. The van der Waals surface area contributed by atoms with Crippen LogP contribution < -0.4 is 0 Å². The summed E-state index contributed by atoms with van der Waals surface area (Å²) in [7, 11) is 0. The van der Waals surface area contributed by atoms with Gasteiger partial charge in [0.15, 0.2) is 6.10 Å². The van der Waals surface area contributed by atoms with E-state index in [1.807, 2.05) is 0 Å². The molecule has 0 saturated carbocycles. The molecule has 0 heterocycles. The lowest BCUT2D eigenvalue weighted by Gasteiger charge is -2.18. The minimum absolute atomic E-state index is 0.0682. The standard InChI is InChI=1S/C69H130O6/c1-4-7-10-13-16-19-22-25-28-30-32-33-34-35-36-37-39-41-44-47-50-53-56-59-62-68(71)74-65-66(64-73-67(70)61-58-55-52-49-46-43-40-27-24-21-18-15-12-9-6-3)75-69(72)63-60-57-54-51-48-45-42-38-31-29-26-23-20-17-14-11-8-5-2/h20,23,29,31,66H,4-19,21-22,24-28,30,32-65H2,1-3H3/b23-20-,31-29-. The van der Waals surface area contributed by atoms with Gasteiger partial charge >= 0.3 is 17.9 Å². The van der Waals surface area contributed by atoms with Gasteiger partial charge in [0.1, 0.15) is 13.2 Å². The number of carbonyl (C=O) groups excluding carboxylic acids is 3.